The Morgan fingerprint density at radius 2 is 1.53 bits per heavy atom. The molecule has 0 radical (unpaired) electrons. The molecule has 7 rings (SSSR count). The quantitative estimate of drug-likeness (QED) is 0.116. The highest BCUT2D eigenvalue weighted by Crippen LogP contribution is 2.67. The van der Waals surface area contributed by atoms with E-state index in [2.05, 4.69) is 47.6 Å². The van der Waals surface area contributed by atoms with E-state index in [1.165, 1.54) is 56.9 Å². The van der Waals surface area contributed by atoms with Crippen LogP contribution in [-0.2, 0) is 9.47 Å². The van der Waals surface area contributed by atoms with Gasteiger partial charge in [0.2, 0.25) is 0 Å². The van der Waals surface area contributed by atoms with Gasteiger partial charge in [0.1, 0.15) is 17.6 Å². The zero-order chi connectivity index (χ0) is 37.4. The number of hydrogen-bond donors (Lipinski definition) is 0. The van der Waals surface area contributed by atoms with E-state index < -0.39 is 5.97 Å². The highest BCUT2D eigenvalue weighted by molar-refractivity contribution is 5.92. The third-order valence-electron chi connectivity index (χ3n) is 15.0. The minimum atomic E-state index is -0.459. The van der Waals surface area contributed by atoms with E-state index in [0.717, 1.165) is 74.4 Å². The Bertz CT molecular complexity index is 1620. The summed E-state index contributed by atoms with van der Waals surface area (Å²) >= 11 is 0. The lowest BCUT2D eigenvalue weighted by Crippen LogP contribution is -2.51. The third kappa shape index (κ3) is 7.73. The molecule has 4 fully saturated rings. The van der Waals surface area contributed by atoms with Crippen molar-refractivity contribution in [2.45, 2.75) is 125 Å². The van der Waals surface area contributed by atoms with Crippen molar-refractivity contribution in [3.05, 3.63) is 71.3 Å². The summed E-state index contributed by atoms with van der Waals surface area (Å²) in [6.45, 7) is 16.7. The fourth-order valence-electron chi connectivity index (χ4n) is 11.5. The van der Waals surface area contributed by atoms with Crippen LogP contribution in [0, 0.1) is 51.8 Å². The molecule has 3 saturated carbocycles. The van der Waals surface area contributed by atoms with Crippen molar-refractivity contribution in [2.75, 3.05) is 19.8 Å². The van der Waals surface area contributed by atoms with Crippen LogP contribution in [0.1, 0.15) is 139 Å². The first kappa shape index (κ1) is 38.2. The van der Waals surface area contributed by atoms with Crippen LogP contribution >= 0.6 is 0 Å². The van der Waals surface area contributed by atoms with Gasteiger partial charge in [0.25, 0.3) is 0 Å². The van der Waals surface area contributed by atoms with Crippen molar-refractivity contribution in [3.63, 3.8) is 0 Å². The number of benzene rings is 2. The minimum Gasteiger partial charge on any atom is -0.493 e. The van der Waals surface area contributed by atoms with E-state index in [0.29, 0.717) is 34.6 Å². The number of ether oxygens (including phenoxy) is 4. The van der Waals surface area contributed by atoms with Crippen molar-refractivity contribution in [1.82, 2.24) is 0 Å². The second-order valence-electron chi connectivity index (χ2n) is 18.6. The molecule has 2 aromatic carbocycles. The zero-order valence-electron chi connectivity index (χ0n) is 33.3. The van der Waals surface area contributed by atoms with Crippen LogP contribution in [0.4, 0.5) is 0 Å². The van der Waals surface area contributed by atoms with Crippen molar-refractivity contribution in [1.29, 1.82) is 0 Å². The summed E-state index contributed by atoms with van der Waals surface area (Å²) in [5.41, 5.74) is 3.24. The zero-order valence-corrected chi connectivity index (χ0v) is 33.3. The topological polar surface area (TPSA) is 71.1 Å². The standard InChI is InChI=1S/C47H64O6/c1-7-47(28-50-29-47)30-51-36-16-11-33(12-17-36)43(48)52-37-18-13-34(14-19-37)44(49)53-38-23-25-45(5)35(27-38)15-20-39-41-22-21-40(32(4)10-8-9-31(2)3)46(41,6)26-24-42(39)45/h11-19,31-32,38-42H,7-10,20-30H2,1-6H3. The number of esters is 2. The van der Waals surface area contributed by atoms with E-state index in [-0.39, 0.29) is 22.9 Å². The number of rotatable bonds is 13. The fraction of sp³-hybridized carbons (Fsp3) is 0.660. The SMILES string of the molecule is CCC1(COc2ccc(C(=O)Oc3ccc(C(=O)OC4CCC5(C)C(=CCC6C5CCC5(C)C(C(C)CCCC(C)C)CCC65)C4)cc3)cc2)COC1. The van der Waals surface area contributed by atoms with Crippen molar-refractivity contribution < 1.29 is 28.5 Å². The lowest BCUT2D eigenvalue weighted by Gasteiger charge is -2.58. The molecule has 0 amide bonds. The highest BCUT2D eigenvalue weighted by Gasteiger charge is 2.59. The van der Waals surface area contributed by atoms with Gasteiger partial charge < -0.3 is 18.9 Å². The first-order valence-electron chi connectivity index (χ1n) is 21.0. The average Bonchev–Trinajstić information content (AvgIpc) is 3.49. The molecule has 5 aliphatic rings. The molecule has 0 bridgehead atoms. The molecule has 8 atom stereocenters. The first-order chi connectivity index (χ1) is 25.4. The maximum atomic E-state index is 13.3. The number of allylic oxidation sites excluding steroid dienone is 1. The van der Waals surface area contributed by atoms with Crippen LogP contribution in [0.15, 0.2) is 60.2 Å². The van der Waals surface area contributed by atoms with Gasteiger partial charge in [-0.1, -0.05) is 72.5 Å². The maximum Gasteiger partial charge on any atom is 0.343 e. The van der Waals surface area contributed by atoms with Gasteiger partial charge in [0.15, 0.2) is 0 Å². The Labute approximate surface area is 318 Å². The number of carbonyl (C=O) groups excluding carboxylic acids is 2. The van der Waals surface area contributed by atoms with Crippen LogP contribution in [0.5, 0.6) is 11.5 Å². The molecule has 0 N–H and O–H groups in total. The maximum absolute atomic E-state index is 13.3. The molecular formula is C47H64O6. The molecule has 1 aliphatic heterocycles. The van der Waals surface area contributed by atoms with E-state index in [4.69, 9.17) is 18.9 Å². The summed E-state index contributed by atoms with van der Waals surface area (Å²) in [6.07, 6.45) is 17.2. The smallest absolute Gasteiger partial charge is 0.343 e. The summed E-state index contributed by atoms with van der Waals surface area (Å²) in [6, 6.07) is 13.7. The normalized spacial score (nSPS) is 32.0. The predicted molar refractivity (Wildman–Crippen MR) is 209 cm³/mol. The molecular weight excluding hydrogens is 661 g/mol. The van der Waals surface area contributed by atoms with Crippen LogP contribution in [0.25, 0.3) is 0 Å². The molecule has 6 nitrogen and oxygen atoms in total. The number of fused-ring (bicyclic) bond motifs is 5. The summed E-state index contributed by atoms with van der Waals surface area (Å²) in [5, 5.41) is 0. The lowest BCUT2D eigenvalue weighted by atomic mass is 9.47. The van der Waals surface area contributed by atoms with Crippen LogP contribution in [0.3, 0.4) is 0 Å². The second kappa shape index (κ2) is 15.6. The van der Waals surface area contributed by atoms with Gasteiger partial charge in [0, 0.05) is 6.42 Å². The molecule has 1 saturated heterocycles. The van der Waals surface area contributed by atoms with Gasteiger partial charge in [-0.3, -0.25) is 0 Å². The van der Waals surface area contributed by atoms with E-state index >= 15 is 0 Å². The number of hydrogen-bond acceptors (Lipinski definition) is 6. The Balaban J connectivity index is 0.905. The Morgan fingerprint density at radius 1 is 0.830 bits per heavy atom. The molecule has 1 heterocycles. The van der Waals surface area contributed by atoms with E-state index in [9.17, 15) is 9.59 Å². The summed E-state index contributed by atoms with van der Waals surface area (Å²) < 4.78 is 23.1. The van der Waals surface area contributed by atoms with Gasteiger partial charge in [-0.2, -0.15) is 0 Å². The predicted octanol–water partition coefficient (Wildman–Crippen LogP) is 11.3. The molecule has 6 heteroatoms. The Hall–Kier alpha value is -3.12. The van der Waals surface area contributed by atoms with Crippen molar-refractivity contribution >= 4 is 11.9 Å². The molecule has 8 unspecified atom stereocenters. The van der Waals surface area contributed by atoms with Gasteiger partial charge in [-0.25, -0.2) is 9.59 Å². The van der Waals surface area contributed by atoms with Gasteiger partial charge in [-0.05, 0) is 146 Å². The molecule has 0 aromatic heterocycles. The third-order valence-corrected chi connectivity index (χ3v) is 15.0. The molecule has 288 valence electrons. The fourth-order valence-corrected chi connectivity index (χ4v) is 11.5. The molecule has 0 spiro atoms. The summed E-state index contributed by atoms with van der Waals surface area (Å²) in [7, 11) is 0. The van der Waals surface area contributed by atoms with Crippen LogP contribution < -0.4 is 9.47 Å². The second-order valence-corrected chi connectivity index (χ2v) is 18.6. The number of carbonyl (C=O) groups is 2. The Kier molecular flexibility index (Phi) is 11.2. The molecule has 4 aliphatic carbocycles. The van der Waals surface area contributed by atoms with Crippen molar-refractivity contribution in [3.8, 4) is 11.5 Å². The lowest BCUT2D eigenvalue weighted by molar-refractivity contribution is -0.133. The Morgan fingerprint density at radius 3 is 2.19 bits per heavy atom. The average molecular weight is 725 g/mol. The summed E-state index contributed by atoms with van der Waals surface area (Å²) in [4.78, 5) is 26.1. The molecule has 53 heavy (non-hydrogen) atoms. The van der Waals surface area contributed by atoms with Gasteiger partial charge in [-0.15, -0.1) is 0 Å². The van der Waals surface area contributed by atoms with Crippen molar-refractivity contribution in [2.24, 2.45) is 51.8 Å². The minimum absolute atomic E-state index is 0.0913. The molecule has 2 aromatic rings. The van der Waals surface area contributed by atoms with Crippen LogP contribution in [-0.4, -0.2) is 37.9 Å². The highest BCUT2D eigenvalue weighted by atomic mass is 16.5. The van der Waals surface area contributed by atoms with E-state index in [1.54, 1.807) is 48.5 Å². The largest absolute Gasteiger partial charge is 0.493 e. The monoisotopic (exact) mass is 724 g/mol. The first-order valence-corrected chi connectivity index (χ1v) is 21.0. The van der Waals surface area contributed by atoms with Gasteiger partial charge >= 0.3 is 11.9 Å². The summed E-state index contributed by atoms with van der Waals surface area (Å²) in [5.74, 6) is 5.22. The van der Waals surface area contributed by atoms with Crippen LogP contribution in [0.2, 0.25) is 0 Å². The van der Waals surface area contributed by atoms with Gasteiger partial charge in [0.05, 0.1) is 36.4 Å². The van der Waals surface area contributed by atoms with E-state index in [1.807, 2.05) is 0 Å².